The molecule has 1 fully saturated rings. The minimum absolute atomic E-state index is 0.101. The van der Waals surface area contributed by atoms with Crippen molar-refractivity contribution in [2.75, 3.05) is 39.0 Å². The van der Waals surface area contributed by atoms with Crippen LogP contribution >= 0.6 is 0 Å². The fourth-order valence-corrected chi connectivity index (χ4v) is 3.36. The largest absolute Gasteiger partial charge is 0.440 e. The number of sulfone groups is 1. The van der Waals surface area contributed by atoms with Gasteiger partial charge >= 0.3 is 0 Å². The molecule has 0 spiro atoms. The Morgan fingerprint density at radius 3 is 2.59 bits per heavy atom. The summed E-state index contributed by atoms with van der Waals surface area (Å²) in [5, 5.41) is -0.158. The van der Waals surface area contributed by atoms with Gasteiger partial charge in [-0.05, 0) is 37.6 Å². The van der Waals surface area contributed by atoms with Crippen molar-refractivity contribution in [2.24, 2.45) is 5.92 Å². The Bertz CT molecular complexity index is 619. The van der Waals surface area contributed by atoms with Crippen molar-refractivity contribution in [3.05, 3.63) is 17.9 Å². The maximum atomic E-state index is 12.4. The van der Waals surface area contributed by atoms with E-state index in [0.29, 0.717) is 19.0 Å². The predicted molar refractivity (Wildman–Crippen MR) is 83.6 cm³/mol. The molecule has 1 aliphatic heterocycles. The van der Waals surface area contributed by atoms with Crippen LogP contribution in [0.5, 0.6) is 0 Å². The van der Waals surface area contributed by atoms with E-state index >= 15 is 0 Å². The third kappa shape index (κ3) is 3.89. The first-order valence-corrected chi connectivity index (χ1v) is 9.55. The number of carbonyl (C=O) groups excluding carboxylic acids is 1. The Labute approximate surface area is 132 Å². The molecule has 6 nitrogen and oxygen atoms in total. The first kappa shape index (κ1) is 17.0. The number of carbonyl (C=O) groups is 1. The van der Waals surface area contributed by atoms with Gasteiger partial charge in [0.25, 0.3) is 5.91 Å². The van der Waals surface area contributed by atoms with E-state index in [9.17, 15) is 13.2 Å². The van der Waals surface area contributed by atoms with Crippen molar-refractivity contribution in [1.82, 2.24) is 9.80 Å². The molecule has 0 saturated carbocycles. The Morgan fingerprint density at radius 1 is 1.36 bits per heavy atom. The van der Waals surface area contributed by atoms with Crippen LogP contribution in [0.3, 0.4) is 0 Å². The number of hydrogen-bond acceptors (Lipinski definition) is 5. The highest BCUT2D eigenvalue weighted by Gasteiger charge is 2.29. The summed E-state index contributed by atoms with van der Waals surface area (Å²) in [6.07, 6.45) is 2.04. The number of nitrogens with zero attached hydrogens (tertiary/aromatic N) is 2. The molecule has 124 valence electrons. The van der Waals surface area contributed by atoms with Gasteiger partial charge in [0.05, 0.1) is 0 Å². The highest BCUT2D eigenvalue weighted by Crippen LogP contribution is 2.22. The van der Waals surface area contributed by atoms with Gasteiger partial charge in [-0.1, -0.05) is 13.8 Å². The van der Waals surface area contributed by atoms with Crippen LogP contribution in [-0.4, -0.2) is 63.1 Å². The van der Waals surface area contributed by atoms with E-state index in [0.717, 1.165) is 32.3 Å². The average Bonchev–Trinajstić information content (AvgIpc) is 3.12. The van der Waals surface area contributed by atoms with Crippen molar-refractivity contribution < 1.29 is 17.6 Å². The topological polar surface area (TPSA) is 70.8 Å². The van der Waals surface area contributed by atoms with Gasteiger partial charge in [-0.3, -0.25) is 4.79 Å². The molecule has 0 bridgehead atoms. The summed E-state index contributed by atoms with van der Waals surface area (Å²) in [6, 6.07) is 2.78. The van der Waals surface area contributed by atoms with Crippen molar-refractivity contribution in [2.45, 2.75) is 25.4 Å². The average molecular weight is 328 g/mol. The van der Waals surface area contributed by atoms with Crippen LogP contribution < -0.4 is 0 Å². The summed E-state index contributed by atoms with van der Waals surface area (Å²) in [5.74, 6) is 0.342. The predicted octanol–water partition coefficient (Wildman–Crippen LogP) is 1.49. The van der Waals surface area contributed by atoms with Crippen LogP contribution in [0.15, 0.2) is 21.6 Å². The molecule has 1 atom stereocenters. The third-order valence-corrected chi connectivity index (χ3v) is 5.09. The fraction of sp³-hybridized carbons (Fsp3) is 0.667. The summed E-state index contributed by atoms with van der Waals surface area (Å²) >= 11 is 0. The van der Waals surface area contributed by atoms with E-state index in [1.165, 1.54) is 12.1 Å². The molecule has 2 rings (SSSR count). The number of likely N-dealkylation sites (tertiary alicyclic amines) is 1. The summed E-state index contributed by atoms with van der Waals surface area (Å²) in [7, 11) is -3.42. The van der Waals surface area contributed by atoms with Crippen LogP contribution in [0.2, 0.25) is 0 Å². The molecule has 0 radical (unpaired) electrons. The first-order chi connectivity index (χ1) is 10.3. The smallest absolute Gasteiger partial charge is 0.289 e. The number of furan rings is 1. The zero-order valence-corrected chi connectivity index (χ0v) is 14.2. The van der Waals surface area contributed by atoms with Crippen molar-refractivity contribution in [3.63, 3.8) is 0 Å². The van der Waals surface area contributed by atoms with Crippen molar-refractivity contribution in [1.29, 1.82) is 0 Å². The Balaban J connectivity index is 1.98. The zero-order valence-electron chi connectivity index (χ0n) is 13.4. The van der Waals surface area contributed by atoms with Crippen LogP contribution in [0.25, 0.3) is 0 Å². The van der Waals surface area contributed by atoms with Gasteiger partial charge in [-0.15, -0.1) is 0 Å². The fourth-order valence-electron chi connectivity index (χ4n) is 2.80. The molecular weight excluding hydrogens is 304 g/mol. The molecule has 1 amide bonds. The molecule has 7 heteroatoms. The second-order valence-electron chi connectivity index (χ2n) is 5.78. The minimum Gasteiger partial charge on any atom is -0.440 e. The van der Waals surface area contributed by atoms with Gasteiger partial charge in [0.2, 0.25) is 14.9 Å². The van der Waals surface area contributed by atoms with Gasteiger partial charge in [0, 0.05) is 25.9 Å². The summed E-state index contributed by atoms with van der Waals surface area (Å²) < 4.78 is 28.0. The zero-order chi connectivity index (χ0) is 16.3. The highest BCUT2D eigenvalue weighted by atomic mass is 32.2. The Kier molecular flexibility index (Phi) is 5.28. The first-order valence-electron chi connectivity index (χ1n) is 7.66. The molecular formula is C15H24N2O4S. The molecule has 22 heavy (non-hydrogen) atoms. The normalized spacial score (nSPS) is 19.1. The van der Waals surface area contributed by atoms with Crippen molar-refractivity contribution in [3.8, 4) is 0 Å². The second kappa shape index (κ2) is 6.83. The minimum atomic E-state index is -3.42. The SMILES string of the molecule is CCN(CC)CC1CCN(C(=O)c2ccc(S(C)(=O)=O)o2)C1. The summed E-state index contributed by atoms with van der Waals surface area (Å²) in [4.78, 5) is 16.5. The summed E-state index contributed by atoms with van der Waals surface area (Å²) in [5.41, 5.74) is 0. The van der Waals surface area contributed by atoms with E-state index in [4.69, 9.17) is 4.42 Å². The van der Waals surface area contributed by atoms with Gasteiger partial charge < -0.3 is 14.2 Å². The maximum Gasteiger partial charge on any atom is 0.289 e. The molecule has 1 aromatic rings. The molecule has 2 heterocycles. The molecule has 1 unspecified atom stereocenters. The molecule has 1 aliphatic rings. The van der Waals surface area contributed by atoms with Crippen LogP contribution in [-0.2, 0) is 9.84 Å². The quantitative estimate of drug-likeness (QED) is 0.791. The van der Waals surface area contributed by atoms with Crippen LogP contribution in [0.4, 0.5) is 0 Å². The van der Waals surface area contributed by atoms with E-state index in [-0.39, 0.29) is 16.8 Å². The highest BCUT2D eigenvalue weighted by molar-refractivity contribution is 7.90. The molecule has 1 saturated heterocycles. The molecule has 0 aliphatic carbocycles. The summed E-state index contributed by atoms with van der Waals surface area (Å²) in [6.45, 7) is 8.68. The second-order valence-corrected chi connectivity index (χ2v) is 7.73. The molecule has 0 N–H and O–H groups in total. The maximum absolute atomic E-state index is 12.4. The number of hydrogen-bond donors (Lipinski definition) is 0. The van der Waals surface area contributed by atoms with E-state index in [1.807, 2.05) is 0 Å². The van der Waals surface area contributed by atoms with Gasteiger partial charge in [0.15, 0.2) is 5.76 Å². The molecule has 1 aromatic heterocycles. The Hall–Kier alpha value is -1.34. The van der Waals surface area contributed by atoms with Gasteiger partial charge in [-0.25, -0.2) is 8.42 Å². The van der Waals surface area contributed by atoms with E-state index < -0.39 is 9.84 Å². The van der Waals surface area contributed by atoms with Crippen LogP contribution in [0.1, 0.15) is 30.8 Å². The standard InChI is InChI=1S/C15H24N2O4S/c1-4-16(5-2)10-12-8-9-17(11-12)15(18)13-6-7-14(21-13)22(3,19)20/h6-7,12H,4-5,8-11H2,1-3H3. The lowest BCUT2D eigenvalue weighted by Crippen LogP contribution is -2.33. The molecule has 0 aromatic carbocycles. The lowest BCUT2D eigenvalue weighted by atomic mass is 10.1. The van der Waals surface area contributed by atoms with Gasteiger partial charge in [0.1, 0.15) is 0 Å². The van der Waals surface area contributed by atoms with Gasteiger partial charge in [-0.2, -0.15) is 0 Å². The third-order valence-electron chi connectivity index (χ3n) is 4.14. The van der Waals surface area contributed by atoms with Crippen molar-refractivity contribution >= 4 is 15.7 Å². The lowest BCUT2D eigenvalue weighted by Gasteiger charge is -2.22. The van der Waals surface area contributed by atoms with Crippen LogP contribution in [0, 0.1) is 5.92 Å². The lowest BCUT2D eigenvalue weighted by molar-refractivity contribution is 0.0746. The number of rotatable bonds is 6. The van der Waals surface area contributed by atoms with E-state index in [1.54, 1.807) is 4.90 Å². The van der Waals surface area contributed by atoms with E-state index in [2.05, 4.69) is 18.7 Å². The number of amides is 1. The monoisotopic (exact) mass is 328 g/mol. The Morgan fingerprint density at radius 2 is 2.05 bits per heavy atom.